The normalized spacial score (nSPS) is 27.0. The highest BCUT2D eigenvalue weighted by Gasteiger charge is 2.69. The SMILES string of the molecule is O=C(O)CCCCCN1C(=O)C2C3CC(C2C1=O)C1C3Sc2[nH]c(=O)sc2[C@@H]1c1cccc(OCC(=O)Nc2ccc(Cl)c(Cl)c2)c1. The third-order valence-corrected chi connectivity index (χ3v) is 13.2. The fourth-order valence-electron chi connectivity index (χ4n) is 8.11. The van der Waals surface area contributed by atoms with E-state index < -0.39 is 11.9 Å². The Hall–Kier alpha value is -3.32. The molecular weight excluding hydrogens is 685 g/mol. The van der Waals surface area contributed by atoms with Gasteiger partial charge in [-0.05, 0) is 72.9 Å². The number of halogens is 2. The number of hydrogen-bond acceptors (Lipinski definition) is 8. The molecule has 0 radical (unpaired) electrons. The van der Waals surface area contributed by atoms with E-state index in [4.69, 9.17) is 33.0 Å². The van der Waals surface area contributed by atoms with Crippen molar-refractivity contribution < 1.29 is 29.0 Å². The second kappa shape index (κ2) is 12.9. The number of aromatic amines is 1. The molecule has 2 aliphatic carbocycles. The van der Waals surface area contributed by atoms with E-state index in [0.717, 1.165) is 21.9 Å². The Labute approximate surface area is 288 Å². The minimum atomic E-state index is -0.851. The number of aliphatic carboxylic acids is 1. The molecule has 3 heterocycles. The van der Waals surface area contributed by atoms with Crippen molar-refractivity contribution in [1.82, 2.24) is 9.88 Å². The quantitative estimate of drug-likeness (QED) is 0.165. The maximum absolute atomic E-state index is 13.8. The van der Waals surface area contributed by atoms with Crippen molar-refractivity contribution in [1.29, 1.82) is 0 Å². The first-order valence-electron chi connectivity index (χ1n) is 15.5. The lowest BCUT2D eigenvalue weighted by Crippen LogP contribution is -2.42. The third-order valence-electron chi connectivity index (χ3n) is 9.88. The molecule has 7 atom stereocenters. The van der Waals surface area contributed by atoms with Gasteiger partial charge in [0.25, 0.3) is 5.91 Å². The topological polar surface area (TPSA) is 146 Å². The van der Waals surface area contributed by atoms with Crippen LogP contribution in [0.5, 0.6) is 5.75 Å². The number of carboxylic acid groups (broad SMARTS) is 1. The van der Waals surface area contributed by atoms with Crippen LogP contribution in [0, 0.1) is 29.6 Å². The number of H-pyrrole nitrogens is 1. The van der Waals surface area contributed by atoms with Gasteiger partial charge >= 0.3 is 10.8 Å². The smallest absolute Gasteiger partial charge is 0.305 e. The summed E-state index contributed by atoms with van der Waals surface area (Å²) in [5.74, 6) is -1.87. The number of fused-ring (bicyclic) bond motifs is 9. The molecule has 246 valence electrons. The molecular formula is C33H31Cl2N3O7S2. The number of benzene rings is 2. The summed E-state index contributed by atoms with van der Waals surface area (Å²) >= 11 is 14.8. The standard InChI is InChI=1S/C33H31Cl2N3O7S2/c34-20-9-8-16(12-21(20)35)36-22(39)14-45-17-6-4-5-15(11-17)24-25-18-13-19(28(25)46-30-29(24)47-33(44)37-30)27-26(18)31(42)38(32(27)43)10-3-1-2-7-23(40)41/h4-6,8-9,11-12,18-19,24-28H,1-3,7,10,13-14H2,(H,36,39)(H,37,44)(H,40,41)/t18?,19?,24-,25?,26?,27?,28?/m1/s1. The Morgan fingerprint density at radius 1 is 1.00 bits per heavy atom. The zero-order valence-corrected chi connectivity index (χ0v) is 28.1. The van der Waals surface area contributed by atoms with Gasteiger partial charge in [-0.1, -0.05) is 53.1 Å². The van der Waals surface area contributed by atoms with Gasteiger partial charge in [0.05, 0.1) is 26.9 Å². The Balaban J connectivity index is 1.10. The summed E-state index contributed by atoms with van der Waals surface area (Å²) in [6.07, 6.45) is 2.59. The van der Waals surface area contributed by atoms with E-state index in [0.29, 0.717) is 47.3 Å². The average Bonchev–Trinajstić information content (AvgIpc) is 3.77. The molecule has 47 heavy (non-hydrogen) atoms. The molecule has 2 bridgehead atoms. The lowest BCUT2D eigenvalue weighted by molar-refractivity contribution is -0.141. The summed E-state index contributed by atoms with van der Waals surface area (Å²) < 4.78 is 5.89. The number of hydrogen-bond donors (Lipinski definition) is 3. The number of anilines is 1. The summed E-state index contributed by atoms with van der Waals surface area (Å²) in [6, 6.07) is 12.3. The number of carboxylic acids is 1. The second-order valence-electron chi connectivity index (χ2n) is 12.5. The number of unbranched alkanes of at least 4 members (excludes halogenated alkanes) is 2. The highest BCUT2D eigenvalue weighted by atomic mass is 35.5. The van der Waals surface area contributed by atoms with E-state index in [-0.39, 0.29) is 70.5 Å². The highest BCUT2D eigenvalue weighted by molar-refractivity contribution is 8.00. The zero-order chi connectivity index (χ0) is 33.0. The first-order chi connectivity index (χ1) is 22.6. The Kier molecular flexibility index (Phi) is 8.88. The molecule has 2 aromatic carbocycles. The average molecular weight is 717 g/mol. The van der Waals surface area contributed by atoms with E-state index in [1.54, 1.807) is 36.0 Å². The van der Waals surface area contributed by atoms with Gasteiger partial charge in [0.2, 0.25) is 11.8 Å². The van der Waals surface area contributed by atoms with Crippen LogP contribution in [0.25, 0.3) is 0 Å². The molecule has 6 unspecified atom stereocenters. The third kappa shape index (κ3) is 5.98. The van der Waals surface area contributed by atoms with Crippen molar-refractivity contribution in [2.75, 3.05) is 18.5 Å². The number of carbonyl (C=O) groups is 4. The van der Waals surface area contributed by atoms with Crippen LogP contribution in [0.3, 0.4) is 0 Å². The molecule has 2 aliphatic heterocycles. The summed E-state index contributed by atoms with van der Waals surface area (Å²) in [5.41, 5.74) is 1.42. The lowest BCUT2D eigenvalue weighted by atomic mass is 9.68. The molecule has 0 spiro atoms. The molecule has 10 nitrogen and oxygen atoms in total. The molecule has 3 fully saturated rings. The maximum atomic E-state index is 13.8. The number of imide groups is 1. The van der Waals surface area contributed by atoms with Gasteiger partial charge in [0, 0.05) is 34.7 Å². The number of rotatable bonds is 11. The minimum Gasteiger partial charge on any atom is -0.484 e. The lowest BCUT2D eigenvalue weighted by Gasteiger charge is -2.43. The molecule has 1 aromatic heterocycles. The van der Waals surface area contributed by atoms with Crippen molar-refractivity contribution in [2.24, 2.45) is 29.6 Å². The Morgan fingerprint density at radius 3 is 2.55 bits per heavy atom. The van der Waals surface area contributed by atoms with Crippen LogP contribution in [0.2, 0.25) is 10.0 Å². The van der Waals surface area contributed by atoms with E-state index in [2.05, 4.69) is 10.3 Å². The summed E-state index contributed by atoms with van der Waals surface area (Å²) in [6.45, 7) is 0.0739. The number of nitrogens with one attached hydrogen (secondary N) is 2. The number of aromatic nitrogens is 1. The van der Waals surface area contributed by atoms with E-state index in [1.807, 2.05) is 18.2 Å². The number of nitrogens with zero attached hydrogens (tertiary/aromatic N) is 1. The summed E-state index contributed by atoms with van der Waals surface area (Å²) in [4.78, 5) is 68.7. The Morgan fingerprint density at radius 2 is 1.79 bits per heavy atom. The molecule has 7 rings (SSSR count). The van der Waals surface area contributed by atoms with Gasteiger partial charge in [-0.15, -0.1) is 11.8 Å². The van der Waals surface area contributed by atoms with Crippen LogP contribution >= 0.6 is 46.3 Å². The van der Waals surface area contributed by atoms with Gasteiger partial charge < -0.3 is 20.1 Å². The fourth-order valence-corrected chi connectivity index (χ4v) is 11.3. The maximum Gasteiger partial charge on any atom is 0.305 e. The predicted molar refractivity (Wildman–Crippen MR) is 178 cm³/mol. The van der Waals surface area contributed by atoms with E-state index >= 15 is 0 Å². The second-order valence-corrected chi connectivity index (χ2v) is 15.5. The Bertz CT molecular complexity index is 1830. The number of carbonyl (C=O) groups excluding carboxylic acids is 3. The molecule has 1 saturated heterocycles. The largest absolute Gasteiger partial charge is 0.484 e. The van der Waals surface area contributed by atoms with Crippen LogP contribution in [0.15, 0.2) is 52.3 Å². The van der Waals surface area contributed by atoms with Gasteiger partial charge in [-0.25, -0.2) is 0 Å². The van der Waals surface area contributed by atoms with Gasteiger partial charge in [0.15, 0.2) is 6.61 Å². The van der Waals surface area contributed by atoms with E-state index in [1.165, 1.54) is 16.2 Å². The van der Waals surface area contributed by atoms with Crippen molar-refractivity contribution >= 4 is 75.7 Å². The molecule has 3 N–H and O–H groups in total. The van der Waals surface area contributed by atoms with Gasteiger partial charge in [0.1, 0.15) is 5.75 Å². The van der Waals surface area contributed by atoms with Gasteiger partial charge in [-0.2, -0.15) is 0 Å². The number of thiazole rings is 1. The molecule has 2 saturated carbocycles. The van der Waals surface area contributed by atoms with Crippen molar-refractivity contribution in [3.63, 3.8) is 0 Å². The number of ether oxygens (including phenoxy) is 1. The highest BCUT2D eigenvalue weighted by Crippen LogP contribution is 2.68. The summed E-state index contributed by atoms with van der Waals surface area (Å²) in [7, 11) is 0. The zero-order valence-electron chi connectivity index (χ0n) is 24.9. The molecule has 14 heteroatoms. The predicted octanol–water partition coefficient (Wildman–Crippen LogP) is 5.88. The molecule has 3 amide bonds. The van der Waals surface area contributed by atoms with Crippen LogP contribution in [-0.4, -0.2) is 57.1 Å². The van der Waals surface area contributed by atoms with Crippen molar-refractivity contribution in [3.05, 3.63) is 72.6 Å². The van der Waals surface area contributed by atoms with Crippen LogP contribution in [-0.2, 0) is 19.2 Å². The fraction of sp³-hybridized carbons (Fsp3) is 0.424. The first-order valence-corrected chi connectivity index (χ1v) is 18.0. The molecule has 3 aromatic rings. The van der Waals surface area contributed by atoms with Crippen LogP contribution in [0.1, 0.15) is 48.5 Å². The van der Waals surface area contributed by atoms with Crippen molar-refractivity contribution in [2.45, 2.75) is 48.3 Å². The van der Waals surface area contributed by atoms with Crippen LogP contribution in [0.4, 0.5) is 5.69 Å². The van der Waals surface area contributed by atoms with Crippen LogP contribution < -0.4 is 14.9 Å². The van der Waals surface area contributed by atoms with E-state index in [9.17, 15) is 24.0 Å². The summed E-state index contributed by atoms with van der Waals surface area (Å²) in [5, 5.41) is 13.2. The first kappa shape index (κ1) is 32.2. The number of amides is 3. The number of thioether (sulfide) groups is 1. The molecule has 4 aliphatic rings. The number of likely N-dealkylation sites (tertiary alicyclic amines) is 1. The van der Waals surface area contributed by atoms with Crippen molar-refractivity contribution in [3.8, 4) is 5.75 Å². The minimum absolute atomic E-state index is 0.0111. The monoisotopic (exact) mass is 715 g/mol. The van der Waals surface area contributed by atoms with Gasteiger partial charge in [-0.3, -0.25) is 28.9 Å².